The summed E-state index contributed by atoms with van der Waals surface area (Å²) in [5, 5.41) is 7.93. The van der Waals surface area contributed by atoms with Crippen LogP contribution in [0.1, 0.15) is 6.92 Å². The molecule has 0 saturated heterocycles. The zero-order chi connectivity index (χ0) is 5.70. The maximum atomic E-state index is 7.93. The summed E-state index contributed by atoms with van der Waals surface area (Å²) in [6.07, 6.45) is 1.58. The monoisotopic (exact) mass is 100 g/mol. The van der Waals surface area contributed by atoms with Gasteiger partial charge < -0.3 is 9.84 Å². The van der Waals surface area contributed by atoms with Crippen LogP contribution in [0.2, 0.25) is 0 Å². The Morgan fingerprint density at radius 3 is 2.43 bits per heavy atom. The Morgan fingerprint density at radius 2 is 2.29 bits per heavy atom. The van der Waals surface area contributed by atoms with Crippen LogP contribution >= 0.6 is 0 Å². The lowest BCUT2D eigenvalue weighted by molar-refractivity contribution is 0.163. The van der Waals surface area contributed by atoms with Gasteiger partial charge in [-0.05, 0) is 12.8 Å². The molecule has 0 heterocycles. The molecule has 2 heteroatoms. The summed E-state index contributed by atoms with van der Waals surface area (Å²) >= 11 is 0. The summed E-state index contributed by atoms with van der Waals surface area (Å²) in [6.45, 7) is 1.75. The maximum Gasteiger partial charge on any atom is 0.118 e. The van der Waals surface area contributed by atoms with Gasteiger partial charge in [-0.25, -0.2) is 0 Å². The SMILES string of the molecule is COC(C)C#CO. The molecule has 0 saturated carbocycles. The van der Waals surface area contributed by atoms with E-state index in [-0.39, 0.29) is 6.10 Å². The van der Waals surface area contributed by atoms with Crippen molar-refractivity contribution in [2.75, 3.05) is 7.11 Å². The van der Waals surface area contributed by atoms with Gasteiger partial charge in [0.1, 0.15) is 12.2 Å². The molecular weight excluding hydrogens is 92.1 g/mol. The highest BCUT2D eigenvalue weighted by atomic mass is 16.5. The first-order valence-electron chi connectivity index (χ1n) is 1.98. The molecule has 0 aromatic heterocycles. The van der Waals surface area contributed by atoms with Gasteiger partial charge in [-0.15, -0.1) is 0 Å². The third-order valence-electron chi connectivity index (χ3n) is 0.621. The third-order valence-corrected chi connectivity index (χ3v) is 0.621. The second kappa shape index (κ2) is 3.51. The molecule has 7 heavy (non-hydrogen) atoms. The van der Waals surface area contributed by atoms with Crippen LogP contribution in [0.25, 0.3) is 0 Å². The van der Waals surface area contributed by atoms with Crippen LogP contribution in [0.5, 0.6) is 0 Å². The van der Waals surface area contributed by atoms with Crippen LogP contribution in [0.3, 0.4) is 0 Å². The molecule has 0 spiro atoms. The van der Waals surface area contributed by atoms with Gasteiger partial charge in [0, 0.05) is 7.11 Å². The molecule has 0 rings (SSSR count). The van der Waals surface area contributed by atoms with E-state index < -0.39 is 0 Å². The average molecular weight is 100 g/mol. The Balaban J connectivity index is 3.29. The topological polar surface area (TPSA) is 29.5 Å². The Kier molecular flexibility index (Phi) is 3.17. The summed E-state index contributed by atoms with van der Waals surface area (Å²) in [6, 6.07) is 0. The second-order valence-corrected chi connectivity index (χ2v) is 1.13. The molecule has 2 nitrogen and oxygen atoms in total. The van der Waals surface area contributed by atoms with E-state index in [4.69, 9.17) is 5.11 Å². The van der Waals surface area contributed by atoms with Crippen molar-refractivity contribution >= 4 is 0 Å². The average Bonchev–Trinajstić information content (AvgIpc) is 1.68. The fourth-order valence-electron chi connectivity index (χ4n) is 0.150. The number of rotatable bonds is 1. The Morgan fingerprint density at radius 1 is 1.71 bits per heavy atom. The fourth-order valence-corrected chi connectivity index (χ4v) is 0.150. The lowest BCUT2D eigenvalue weighted by atomic mass is 10.4. The van der Waals surface area contributed by atoms with Crippen molar-refractivity contribution in [3.63, 3.8) is 0 Å². The predicted molar refractivity (Wildman–Crippen MR) is 26.2 cm³/mol. The van der Waals surface area contributed by atoms with E-state index in [1.807, 2.05) is 0 Å². The first-order chi connectivity index (χ1) is 3.31. The minimum atomic E-state index is -0.162. The summed E-state index contributed by atoms with van der Waals surface area (Å²) in [7, 11) is 1.54. The minimum absolute atomic E-state index is 0.162. The van der Waals surface area contributed by atoms with Gasteiger partial charge in [0.15, 0.2) is 0 Å². The first kappa shape index (κ1) is 6.32. The van der Waals surface area contributed by atoms with Crippen molar-refractivity contribution in [3.8, 4) is 12.0 Å². The zero-order valence-electron chi connectivity index (χ0n) is 4.43. The van der Waals surface area contributed by atoms with Gasteiger partial charge >= 0.3 is 0 Å². The number of aliphatic hydroxyl groups is 1. The zero-order valence-corrected chi connectivity index (χ0v) is 4.43. The quantitative estimate of drug-likeness (QED) is 0.482. The Labute approximate surface area is 43.1 Å². The smallest absolute Gasteiger partial charge is 0.118 e. The molecule has 0 fully saturated rings. The molecule has 1 atom stereocenters. The van der Waals surface area contributed by atoms with Crippen LogP contribution in [-0.4, -0.2) is 18.3 Å². The van der Waals surface area contributed by atoms with Crippen molar-refractivity contribution in [2.24, 2.45) is 0 Å². The third kappa shape index (κ3) is 3.14. The summed E-state index contributed by atoms with van der Waals surface area (Å²) in [5.74, 6) is 2.38. The maximum absolute atomic E-state index is 7.93. The predicted octanol–water partition coefficient (Wildman–Crippen LogP) is 0.355. The molecule has 0 bridgehead atoms. The Bertz CT molecular complexity index is 88.0. The number of hydrogen-bond acceptors (Lipinski definition) is 2. The standard InChI is InChI=1S/C5H8O2/c1-5(7-2)3-4-6/h5-6H,1-2H3. The number of ether oxygens (including phenoxy) is 1. The number of aliphatic hydroxyl groups excluding tert-OH is 1. The molecule has 0 aliphatic rings. The first-order valence-corrected chi connectivity index (χ1v) is 1.98. The van der Waals surface area contributed by atoms with Gasteiger partial charge in [0.05, 0.1) is 0 Å². The number of hydrogen-bond donors (Lipinski definition) is 1. The molecule has 1 N–H and O–H groups in total. The van der Waals surface area contributed by atoms with E-state index in [0.717, 1.165) is 0 Å². The van der Waals surface area contributed by atoms with Gasteiger partial charge in [-0.3, -0.25) is 0 Å². The highest BCUT2D eigenvalue weighted by Crippen LogP contribution is 1.79. The number of methoxy groups -OCH3 is 1. The van der Waals surface area contributed by atoms with E-state index in [2.05, 4.69) is 10.7 Å². The van der Waals surface area contributed by atoms with Crippen LogP contribution in [0.15, 0.2) is 0 Å². The highest BCUT2D eigenvalue weighted by Gasteiger charge is 1.86. The lowest BCUT2D eigenvalue weighted by Crippen LogP contribution is -1.98. The second-order valence-electron chi connectivity index (χ2n) is 1.13. The van der Waals surface area contributed by atoms with Crippen molar-refractivity contribution in [2.45, 2.75) is 13.0 Å². The molecule has 0 aromatic carbocycles. The van der Waals surface area contributed by atoms with Crippen LogP contribution in [0.4, 0.5) is 0 Å². The van der Waals surface area contributed by atoms with Gasteiger partial charge in [-0.2, -0.15) is 0 Å². The van der Waals surface area contributed by atoms with E-state index in [9.17, 15) is 0 Å². The summed E-state index contributed by atoms with van der Waals surface area (Å²) < 4.78 is 4.66. The van der Waals surface area contributed by atoms with Crippen LogP contribution < -0.4 is 0 Å². The lowest BCUT2D eigenvalue weighted by Gasteiger charge is -1.94. The van der Waals surface area contributed by atoms with Gasteiger partial charge in [0.25, 0.3) is 0 Å². The fraction of sp³-hybridized carbons (Fsp3) is 0.600. The van der Waals surface area contributed by atoms with Gasteiger partial charge in [-0.1, -0.05) is 0 Å². The molecule has 40 valence electrons. The van der Waals surface area contributed by atoms with Crippen molar-refractivity contribution < 1.29 is 9.84 Å². The van der Waals surface area contributed by atoms with E-state index >= 15 is 0 Å². The summed E-state index contributed by atoms with van der Waals surface area (Å²) in [4.78, 5) is 0. The van der Waals surface area contributed by atoms with Gasteiger partial charge in [0.2, 0.25) is 0 Å². The van der Waals surface area contributed by atoms with Crippen molar-refractivity contribution in [1.29, 1.82) is 0 Å². The van der Waals surface area contributed by atoms with E-state index in [0.29, 0.717) is 0 Å². The normalized spacial score (nSPS) is 11.7. The Hall–Kier alpha value is -0.680. The minimum Gasteiger partial charge on any atom is -0.462 e. The molecule has 0 radical (unpaired) electrons. The van der Waals surface area contributed by atoms with Crippen LogP contribution in [0, 0.1) is 12.0 Å². The molecule has 1 unspecified atom stereocenters. The van der Waals surface area contributed by atoms with Crippen molar-refractivity contribution in [1.82, 2.24) is 0 Å². The molecular formula is C5H8O2. The summed E-state index contributed by atoms with van der Waals surface area (Å²) in [5.41, 5.74) is 0. The molecule has 0 aliphatic carbocycles. The highest BCUT2D eigenvalue weighted by molar-refractivity contribution is 4.95. The molecule has 0 aliphatic heterocycles. The molecule has 0 aromatic rings. The van der Waals surface area contributed by atoms with Crippen molar-refractivity contribution in [3.05, 3.63) is 0 Å². The van der Waals surface area contributed by atoms with E-state index in [1.165, 1.54) is 7.11 Å². The molecule has 0 amide bonds. The van der Waals surface area contributed by atoms with E-state index in [1.54, 1.807) is 13.0 Å². The van der Waals surface area contributed by atoms with Crippen LogP contribution in [-0.2, 0) is 4.74 Å². The largest absolute Gasteiger partial charge is 0.462 e.